The van der Waals surface area contributed by atoms with Gasteiger partial charge in [0.25, 0.3) is 5.91 Å². The molecule has 0 radical (unpaired) electrons. The lowest BCUT2D eigenvalue weighted by molar-refractivity contribution is 0.0902. The van der Waals surface area contributed by atoms with Crippen LogP contribution >= 0.6 is 0 Å². The van der Waals surface area contributed by atoms with Crippen molar-refractivity contribution in [1.82, 2.24) is 15.5 Å². The maximum absolute atomic E-state index is 12.0. The van der Waals surface area contributed by atoms with E-state index in [0.717, 1.165) is 18.5 Å². The van der Waals surface area contributed by atoms with Crippen molar-refractivity contribution in [2.75, 3.05) is 6.61 Å². The van der Waals surface area contributed by atoms with Gasteiger partial charge in [-0.15, -0.1) is 0 Å². The zero-order chi connectivity index (χ0) is 13.7. The van der Waals surface area contributed by atoms with Crippen molar-refractivity contribution in [3.8, 4) is 0 Å². The quantitative estimate of drug-likeness (QED) is 0.735. The first-order valence-electron chi connectivity index (χ1n) is 6.24. The maximum Gasteiger partial charge on any atom is 0.272 e. The second-order valence-corrected chi connectivity index (χ2v) is 4.25. The van der Waals surface area contributed by atoms with E-state index in [-0.39, 0.29) is 12.5 Å². The summed E-state index contributed by atoms with van der Waals surface area (Å²) in [5.74, 6) is 0.175. The van der Waals surface area contributed by atoms with Crippen LogP contribution in [0, 0.1) is 0 Å². The summed E-state index contributed by atoms with van der Waals surface area (Å²) in [4.78, 5) is 12.0. The number of carbonyl (C=O) groups is 1. The molecule has 3 N–H and O–H groups in total. The number of nitrogens with zero attached hydrogens (tertiary/aromatic N) is 1. The number of amides is 1. The minimum absolute atomic E-state index is 0.231. The Morgan fingerprint density at radius 1 is 1.63 bits per heavy atom. The van der Waals surface area contributed by atoms with Gasteiger partial charge in [-0.3, -0.25) is 9.89 Å². The Balaban J connectivity index is 2.02. The van der Waals surface area contributed by atoms with E-state index in [2.05, 4.69) is 22.4 Å². The molecule has 0 saturated heterocycles. The number of hydrogen-bond acceptors (Lipinski definition) is 4. The highest BCUT2D eigenvalue weighted by atomic mass is 16.3. The first-order valence-corrected chi connectivity index (χ1v) is 6.24. The Morgan fingerprint density at radius 3 is 3.11 bits per heavy atom. The second-order valence-electron chi connectivity index (χ2n) is 4.25. The van der Waals surface area contributed by atoms with Gasteiger partial charge in [-0.1, -0.05) is 13.3 Å². The van der Waals surface area contributed by atoms with E-state index >= 15 is 0 Å². The number of aromatic nitrogens is 2. The molecular formula is C13H17N3O3. The van der Waals surface area contributed by atoms with Gasteiger partial charge in [0.15, 0.2) is 0 Å². The molecular weight excluding hydrogens is 246 g/mol. The standard InChI is InChI=1S/C13H17N3O3/c1-2-4-9-7-10(16-15-9)13(18)14-11(8-17)12-5-3-6-19-12/h3,5-7,11,17H,2,4,8H2,1H3,(H,14,18)(H,15,16). The molecule has 6 heteroatoms. The smallest absolute Gasteiger partial charge is 0.272 e. The molecule has 2 aromatic rings. The molecule has 0 bridgehead atoms. The molecule has 1 atom stereocenters. The van der Waals surface area contributed by atoms with Crippen LogP contribution in [0.1, 0.15) is 41.3 Å². The lowest BCUT2D eigenvalue weighted by atomic mass is 10.2. The van der Waals surface area contributed by atoms with Crippen molar-refractivity contribution in [3.63, 3.8) is 0 Å². The van der Waals surface area contributed by atoms with Gasteiger partial charge in [-0.25, -0.2) is 0 Å². The number of hydrogen-bond donors (Lipinski definition) is 3. The number of furan rings is 1. The van der Waals surface area contributed by atoms with Crippen molar-refractivity contribution < 1.29 is 14.3 Å². The highest BCUT2D eigenvalue weighted by Gasteiger charge is 2.18. The lowest BCUT2D eigenvalue weighted by Crippen LogP contribution is -2.30. The Hall–Kier alpha value is -2.08. The molecule has 2 heterocycles. The van der Waals surface area contributed by atoms with Crippen LogP contribution in [0.2, 0.25) is 0 Å². The van der Waals surface area contributed by atoms with E-state index in [1.807, 2.05) is 0 Å². The van der Waals surface area contributed by atoms with E-state index < -0.39 is 6.04 Å². The summed E-state index contributed by atoms with van der Waals surface area (Å²) < 4.78 is 5.16. The van der Waals surface area contributed by atoms with Crippen LogP contribution in [0.3, 0.4) is 0 Å². The van der Waals surface area contributed by atoms with E-state index in [0.29, 0.717) is 11.5 Å². The normalized spacial score (nSPS) is 12.3. The Morgan fingerprint density at radius 2 is 2.47 bits per heavy atom. The van der Waals surface area contributed by atoms with Crippen LogP contribution in [0.4, 0.5) is 0 Å². The van der Waals surface area contributed by atoms with Gasteiger partial charge in [-0.05, 0) is 24.6 Å². The molecule has 0 aromatic carbocycles. The van der Waals surface area contributed by atoms with Crippen LogP contribution in [0.25, 0.3) is 0 Å². The predicted octanol–water partition coefficient (Wildman–Crippen LogP) is 1.42. The molecule has 0 saturated carbocycles. The minimum Gasteiger partial charge on any atom is -0.467 e. The minimum atomic E-state index is -0.561. The highest BCUT2D eigenvalue weighted by molar-refractivity contribution is 5.92. The maximum atomic E-state index is 12.0. The summed E-state index contributed by atoms with van der Waals surface area (Å²) in [7, 11) is 0. The van der Waals surface area contributed by atoms with Gasteiger partial charge in [0.05, 0.1) is 12.9 Å². The van der Waals surface area contributed by atoms with Crippen LogP contribution in [0.15, 0.2) is 28.9 Å². The van der Waals surface area contributed by atoms with E-state index in [1.165, 1.54) is 6.26 Å². The van der Waals surface area contributed by atoms with Gasteiger partial charge in [-0.2, -0.15) is 5.10 Å². The van der Waals surface area contributed by atoms with Crippen molar-refractivity contribution in [2.45, 2.75) is 25.8 Å². The van der Waals surface area contributed by atoms with Gasteiger partial charge < -0.3 is 14.8 Å². The summed E-state index contributed by atoms with van der Waals surface area (Å²) in [5.41, 5.74) is 1.24. The number of H-pyrrole nitrogens is 1. The predicted molar refractivity (Wildman–Crippen MR) is 68.6 cm³/mol. The molecule has 0 aliphatic carbocycles. The number of aliphatic hydroxyl groups is 1. The molecule has 19 heavy (non-hydrogen) atoms. The molecule has 1 unspecified atom stereocenters. The van der Waals surface area contributed by atoms with Crippen molar-refractivity contribution in [3.05, 3.63) is 41.6 Å². The van der Waals surface area contributed by atoms with E-state index in [1.54, 1.807) is 18.2 Å². The molecule has 0 aliphatic rings. The molecule has 6 nitrogen and oxygen atoms in total. The molecule has 102 valence electrons. The lowest BCUT2D eigenvalue weighted by Gasteiger charge is -2.12. The molecule has 2 aromatic heterocycles. The summed E-state index contributed by atoms with van der Waals surface area (Å²) in [5, 5.41) is 18.7. The summed E-state index contributed by atoms with van der Waals surface area (Å²) in [6.07, 6.45) is 3.33. The fraction of sp³-hybridized carbons (Fsp3) is 0.385. The zero-order valence-corrected chi connectivity index (χ0v) is 10.7. The van der Waals surface area contributed by atoms with Crippen molar-refractivity contribution >= 4 is 5.91 Å². The third-order valence-corrected chi connectivity index (χ3v) is 2.76. The number of aliphatic hydroxyl groups excluding tert-OH is 1. The van der Waals surface area contributed by atoms with E-state index in [9.17, 15) is 9.90 Å². The van der Waals surface area contributed by atoms with Crippen molar-refractivity contribution in [2.24, 2.45) is 0 Å². The number of carbonyl (C=O) groups excluding carboxylic acids is 1. The summed E-state index contributed by atoms with van der Waals surface area (Å²) in [6.45, 7) is 1.82. The first kappa shape index (κ1) is 13.4. The largest absolute Gasteiger partial charge is 0.467 e. The van der Waals surface area contributed by atoms with Gasteiger partial charge in [0.2, 0.25) is 0 Å². The Labute approximate surface area is 110 Å². The number of aromatic amines is 1. The fourth-order valence-electron chi connectivity index (χ4n) is 1.80. The fourth-order valence-corrected chi connectivity index (χ4v) is 1.80. The third kappa shape index (κ3) is 3.23. The van der Waals surface area contributed by atoms with Crippen LogP contribution in [0.5, 0.6) is 0 Å². The van der Waals surface area contributed by atoms with E-state index in [4.69, 9.17) is 4.42 Å². The second kappa shape index (κ2) is 6.19. The van der Waals surface area contributed by atoms with Gasteiger partial charge >= 0.3 is 0 Å². The Bertz CT molecular complexity index is 519. The molecule has 0 aliphatic heterocycles. The monoisotopic (exact) mass is 263 g/mol. The number of nitrogens with one attached hydrogen (secondary N) is 2. The van der Waals surface area contributed by atoms with Crippen molar-refractivity contribution in [1.29, 1.82) is 0 Å². The molecule has 0 spiro atoms. The average molecular weight is 263 g/mol. The topological polar surface area (TPSA) is 91.2 Å². The summed E-state index contributed by atoms with van der Waals surface area (Å²) >= 11 is 0. The van der Waals surface area contributed by atoms with Crippen LogP contribution < -0.4 is 5.32 Å². The first-order chi connectivity index (χ1) is 9.24. The highest BCUT2D eigenvalue weighted by Crippen LogP contribution is 2.13. The average Bonchev–Trinajstić information content (AvgIpc) is 3.07. The van der Waals surface area contributed by atoms with Gasteiger partial charge in [0, 0.05) is 5.69 Å². The molecule has 2 rings (SSSR count). The van der Waals surface area contributed by atoms with Crippen LogP contribution in [-0.2, 0) is 6.42 Å². The van der Waals surface area contributed by atoms with Crippen LogP contribution in [-0.4, -0.2) is 27.8 Å². The summed E-state index contributed by atoms with van der Waals surface area (Å²) in [6, 6.07) is 4.57. The molecule has 0 fully saturated rings. The Kier molecular flexibility index (Phi) is 4.35. The third-order valence-electron chi connectivity index (χ3n) is 2.76. The SMILES string of the molecule is CCCc1cc(C(=O)NC(CO)c2ccco2)n[nH]1. The van der Waals surface area contributed by atoms with Gasteiger partial charge in [0.1, 0.15) is 17.5 Å². The number of aryl methyl sites for hydroxylation is 1. The molecule has 1 amide bonds. The zero-order valence-electron chi connectivity index (χ0n) is 10.7. The number of rotatable bonds is 6.